The zero-order chi connectivity index (χ0) is 9.97. The Bertz CT molecular complexity index is 477. The van der Waals surface area contributed by atoms with Crippen LogP contribution in [-0.2, 0) is 0 Å². The number of hydrogen-bond donors (Lipinski definition) is 2. The van der Waals surface area contributed by atoms with Gasteiger partial charge in [-0.3, -0.25) is 5.10 Å². The number of nitrogens with two attached hydrogens (primary N) is 1. The average molecular weight is 185 g/mol. The van der Waals surface area contributed by atoms with E-state index in [0.29, 0.717) is 11.5 Å². The van der Waals surface area contributed by atoms with Crippen LogP contribution in [0.15, 0.2) is 24.4 Å². The molecule has 0 aromatic carbocycles. The van der Waals surface area contributed by atoms with Gasteiger partial charge in [-0.2, -0.15) is 10.4 Å². The van der Waals surface area contributed by atoms with Crippen LogP contribution in [0.1, 0.15) is 5.69 Å². The minimum atomic E-state index is 0.386. The third kappa shape index (κ3) is 1.41. The lowest BCUT2D eigenvalue weighted by atomic mass is 10.2. The fraction of sp³-hybridized carbons (Fsp3) is 0. The number of aromatic nitrogens is 3. The molecule has 0 saturated heterocycles. The highest BCUT2D eigenvalue weighted by atomic mass is 15.2. The van der Waals surface area contributed by atoms with Crippen molar-refractivity contribution in [2.45, 2.75) is 0 Å². The first kappa shape index (κ1) is 8.26. The summed E-state index contributed by atoms with van der Waals surface area (Å²) in [4.78, 5) is 3.93. The van der Waals surface area contributed by atoms with Crippen LogP contribution in [0.5, 0.6) is 0 Å². The van der Waals surface area contributed by atoms with Gasteiger partial charge in [-0.05, 0) is 12.1 Å². The van der Waals surface area contributed by atoms with E-state index < -0.39 is 0 Å². The molecular weight excluding hydrogens is 178 g/mol. The molecule has 2 heterocycles. The van der Waals surface area contributed by atoms with Gasteiger partial charge in [-0.25, -0.2) is 4.98 Å². The van der Waals surface area contributed by atoms with Crippen molar-refractivity contribution in [3.05, 3.63) is 30.1 Å². The zero-order valence-electron chi connectivity index (χ0n) is 7.23. The first-order chi connectivity index (χ1) is 6.79. The summed E-state index contributed by atoms with van der Waals surface area (Å²) in [5, 5.41) is 15.1. The van der Waals surface area contributed by atoms with Gasteiger partial charge >= 0.3 is 0 Å². The highest BCUT2D eigenvalue weighted by Gasteiger charge is 2.02. The third-order valence-electron chi connectivity index (χ3n) is 1.77. The van der Waals surface area contributed by atoms with Crippen molar-refractivity contribution in [1.29, 1.82) is 5.26 Å². The Kier molecular flexibility index (Phi) is 1.88. The van der Waals surface area contributed by atoms with E-state index in [2.05, 4.69) is 15.2 Å². The predicted molar refractivity (Wildman–Crippen MR) is 50.9 cm³/mol. The Balaban J connectivity index is 2.39. The van der Waals surface area contributed by atoms with Crippen molar-refractivity contribution in [2.75, 3.05) is 5.73 Å². The molecule has 0 aliphatic rings. The summed E-state index contributed by atoms with van der Waals surface area (Å²) < 4.78 is 0. The van der Waals surface area contributed by atoms with Crippen LogP contribution in [0.3, 0.4) is 0 Å². The van der Waals surface area contributed by atoms with Gasteiger partial charge in [-0.1, -0.05) is 0 Å². The Morgan fingerprint density at radius 2 is 2.29 bits per heavy atom. The van der Waals surface area contributed by atoms with Crippen molar-refractivity contribution in [3.8, 4) is 17.3 Å². The molecule has 68 valence electrons. The lowest BCUT2D eigenvalue weighted by molar-refractivity contribution is 1.10. The summed E-state index contributed by atoms with van der Waals surface area (Å²) in [5.41, 5.74) is 7.42. The van der Waals surface area contributed by atoms with E-state index in [4.69, 9.17) is 11.0 Å². The molecule has 0 radical (unpaired) electrons. The van der Waals surface area contributed by atoms with Crippen molar-refractivity contribution >= 4 is 5.82 Å². The smallest absolute Gasteiger partial charge is 0.140 e. The lowest BCUT2D eigenvalue weighted by Crippen LogP contribution is -1.83. The topological polar surface area (TPSA) is 91.4 Å². The van der Waals surface area contributed by atoms with Crippen LogP contribution >= 0.6 is 0 Å². The summed E-state index contributed by atoms with van der Waals surface area (Å²) in [6, 6.07) is 7.08. The van der Waals surface area contributed by atoms with Gasteiger partial charge in [0.2, 0.25) is 0 Å². The zero-order valence-corrected chi connectivity index (χ0v) is 7.23. The quantitative estimate of drug-likeness (QED) is 0.691. The monoisotopic (exact) mass is 185 g/mol. The number of pyridine rings is 1. The molecule has 3 N–H and O–H groups in total. The van der Waals surface area contributed by atoms with Crippen molar-refractivity contribution in [3.63, 3.8) is 0 Å². The molecule has 5 nitrogen and oxygen atoms in total. The van der Waals surface area contributed by atoms with Crippen molar-refractivity contribution in [2.24, 2.45) is 0 Å². The average Bonchev–Trinajstić information content (AvgIpc) is 2.65. The SMILES string of the molecule is N#Cc1ccc(-c2cc(N)[nH]n2)cn1. The lowest BCUT2D eigenvalue weighted by Gasteiger charge is -1.93. The van der Waals surface area contributed by atoms with E-state index in [9.17, 15) is 0 Å². The third-order valence-corrected chi connectivity index (χ3v) is 1.77. The largest absolute Gasteiger partial charge is 0.384 e. The second-order valence-electron chi connectivity index (χ2n) is 2.75. The molecule has 0 saturated carbocycles. The van der Waals surface area contributed by atoms with Crippen LogP contribution in [0.25, 0.3) is 11.3 Å². The maximum atomic E-state index is 8.55. The van der Waals surface area contributed by atoms with Crippen LogP contribution in [-0.4, -0.2) is 15.2 Å². The summed E-state index contributed by atoms with van der Waals surface area (Å²) in [6.07, 6.45) is 1.59. The van der Waals surface area contributed by atoms with Gasteiger partial charge in [0.15, 0.2) is 0 Å². The molecule has 2 aromatic rings. The highest BCUT2D eigenvalue weighted by Crippen LogP contribution is 2.17. The van der Waals surface area contributed by atoms with Crippen molar-refractivity contribution < 1.29 is 0 Å². The van der Waals surface area contributed by atoms with Gasteiger partial charge in [0.25, 0.3) is 0 Å². The summed E-state index contributed by atoms with van der Waals surface area (Å²) >= 11 is 0. The Morgan fingerprint density at radius 1 is 1.43 bits per heavy atom. The molecule has 2 rings (SSSR count). The summed E-state index contributed by atoms with van der Waals surface area (Å²) in [5.74, 6) is 0.504. The normalized spacial score (nSPS) is 9.64. The van der Waals surface area contributed by atoms with Gasteiger partial charge in [-0.15, -0.1) is 0 Å². The molecule has 2 aromatic heterocycles. The molecule has 0 fully saturated rings. The van der Waals surface area contributed by atoms with Crippen LogP contribution in [0.4, 0.5) is 5.82 Å². The molecule has 0 unspecified atom stereocenters. The van der Waals surface area contributed by atoms with Gasteiger partial charge in [0, 0.05) is 17.8 Å². The number of anilines is 1. The molecule has 0 spiro atoms. The molecular formula is C9H7N5. The van der Waals surface area contributed by atoms with Crippen LogP contribution < -0.4 is 5.73 Å². The van der Waals surface area contributed by atoms with Crippen LogP contribution in [0, 0.1) is 11.3 Å². The van der Waals surface area contributed by atoms with E-state index in [1.165, 1.54) is 0 Å². The number of aromatic amines is 1. The Labute approximate surface area is 80.2 Å². The molecule has 0 aliphatic heterocycles. The Hall–Kier alpha value is -2.35. The summed E-state index contributed by atoms with van der Waals surface area (Å²) in [7, 11) is 0. The van der Waals surface area contributed by atoms with Gasteiger partial charge < -0.3 is 5.73 Å². The maximum Gasteiger partial charge on any atom is 0.140 e. The Morgan fingerprint density at radius 3 is 2.79 bits per heavy atom. The standard InChI is InChI=1S/C9H7N5/c10-4-7-2-1-6(5-12-7)8-3-9(11)14-13-8/h1-3,5H,(H3,11,13,14). The minimum Gasteiger partial charge on any atom is -0.384 e. The molecule has 0 amide bonds. The number of nitrogens with one attached hydrogen (secondary N) is 1. The fourth-order valence-electron chi connectivity index (χ4n) is 1.10. The number of H-pyrrole nitrogens is 1. The van der Waals surface area contributed by atoms with E-state index in [0.717, 1.165) is 11.3 Å². The first-order valence-electron chi connectivity index (χ1n) is 3.97. The van der Waals surface area contributed by atoms with E-state index >= 15 is 0 Å². The number of nitriles is 1. The molecule has 0 bridgehead atoms. The number of rotatable bonds is 1. The molecule has 14 heavy (non-hydrogen) atoms. The first-order valence-corrected chi connectivity index (χ1v) is 3.97. The van der Waals surface area contributed by atoms with Crippen molar-refractivity contribution in [1.82, 2.24) is 15.2 Å². The van der Waals surface area contributed by atoms with Gasteiger partial charge in [0.1, 0.15) is 17.6 Å². The molecule has 0 aliphatic carbocycles. The highest BCUT2D eigenvalue weighted by molar-refractivity contribution is 5.61. The van der Waals surface area contributed by atoms with E-state index in [1.807, 2.05) is 6.07 Å². The second-order valence-corrected chi connectivity index (χ2v) is 2.75. The number of nitrogen functional groups attached to an aromatic ring is 1. The summed E-state index contributed by atoms with van der Waals surface area (Å²) in [6.45, 7) is 0. The predicted octanol–water partition coefficient (Wildman–Crippen LogP) is 0.926. The number of hydrogen-bond acceptors (Lipinski definition) is 4. The molecule has 0 atom stereocenters. The second kappa shape index (κ2) is 3.18. The minimum absolute atomic E-state index is 0.386. The van der Waals surface area contributed by atoms with E-state index in [1.54, 1.807) is 24.4 Å². The number of nitrogens with zero attached hydrogens (tertiary/aromatic N) is 3. The van der Waals surface area contributed by atoms with E-state index in [-0.39, 0.29) is 0 Å². The molecule has 5 heteroatoms. The fourth-order valence-corrected chi connectivity index (χ4v) is 1.10. The maximum absolute atomic E-state index is 8.55. The van der Waals surface area contributed by atoms with Crippen LogP contribution in [0.2, 0.25) is 0 Å². The van der Waals surface area contributed by atoms with Gasteiger partial charge in [0.05, 0.1) is 5.69 Å².